The number of carbonyl (C=O) groups is 1. The third-order valence-corrected chi connectivity index (χ3v) is 4.20. The summed E-state index contributed by atoms with van der Waals surface area (Å²) in [7, 11) is 0. The Morgan fingerprint density at radius 1 is 1.21 bits per heavy atom. The van der Waals surface area contributed by atoms with E-state index in [-0.39, 0.29) is 17.2 Å². The average molecular weight is 283 g/mol. The van der Waals surface area contributed by atoms with Gasteiger partial charge in [0.2, 0.25) is 0 Å². The van der Waals surface area contributed by atoms with Crippen molar-refractivity contribution in [2.75, 3.05) is 0 Å². The normalized spacial score (nSPS) is 17.2. The molecule has 0 aromatic heterocycles. The molecule has 0 atom stereocenters. The highest BCUT2D eigenvalue weighted by Gasteiger charge is 2.17. The zero-order valence-corrected chi connectivity index (χ0v) is 11.9. The van der Waals surface area contributed by atoms with Gasteiger partial charge in [-0.1, -0.05) is 62.3 Å². The van der Waals surface area contributed by atoms with Crippen LogP contribution in [0.5, 0.6) is 0 Å². The highest BCUT2D eigenvalue weighted by Crippen LogP contribution is 2.26. The van der Waals surface area contributed by atoms with E-state index in [1.54, 1.807) is 12.1 Å². The minimum Gasteiger partial charge on any atom is -0.299 e. The Bertz CT molecular complexity index is 436. The molecule has 0 bridgehead atoms. The maximum Gasteiger partial charge on any atom is 0.145 e. The van der Waals surface area contributed by atoms with E-state index in [1.165, 1.54) is 31.7 Å². The van der Waals surface area contributed by atoms with Crippen LogP contribution in [0.2, 0.25) is 5.02 Å². The number of carbonyl (C=O) groups excluding carboxylic acids is 1. The monoisotopic (exact) mass is 282 g/mol. The Hall–Kier alpha value is -0.890. The van der Waals surface area contributed by atoms with Crippen molar-refractivity contribution in [3.63, 3.8) is 0 Å². The summed E-state index contributed by atoms with van der Waals surface area (Å²) >= 11 is 5.72. The number of rotatable bonds is 4. The molecular weight excluding hydrogens is 263 g/mol. The predicted octanol–water partition coefficient (Wildman–Crippen LogP) is 4.95. The summed E-state index contributed by atoms with van der Waals surface area (Å²) in [5, 5.41) is 0.0970. The predicted molar refractivity (Wildman–Crippen MR) is 75.9 cm³/mol. The molecule has 19 heavy (non-hydrogen) atoms. The molecule has 0 unspecified atom stereocenters. The van der Waals surface area contributed by atoms with Crippen LogP contribution < -0.4 is 0 Å². The summed E-state index contributed by atoms with van der Waals surface area (Å²) in [6, 6.07) is 4.85. The fraction of sp³-hybridized carbons (Fsp3) is 0.562. The number of hydrogen-bond acceptors (Lipinski definition) is 1. The minimum absolute atomic E-state index is 0.0970. The summed E-state index contributed by atoms with van der Waals surface area (Å²) in [6.45, 7) is 0. The van der Waals surface area contributed by atoms with Crippen molar-refractivity contribution >= 4 is 17.4 Å². The molecule has 0 heterocycles. The molecule has 0 spiro atoms. The van der Waals surface area contributed by atoms with Gasteiger partial charge in [0.05, 0.1) is 5.02 Å². The standard InChI is InChI=1S/C16H20ClFO/c17-15-9-5-8-13(16(15)18)11-14(19)10-12-6-3-1-2-4-7-12/h5,8-9,12H,1-4,6-7,10-11H2. The lowest BCUT2D eigenvalue weighted by Gasteiger charge is -2.13. The number of Topliss-reactive ketones (excluding diaryl/α,β-unsaturated/α-hetero) is 1. The summed E-state index contributed by atoms with van der Waals surface area (Å²) < 4.78 is 13.7. The molecule has 0 amide bonds. The van der Waals surface area contributed by atoms with Crippen molar-refractivity contribution in [3.8, 4) is 0 Å². The zero-order chi connectivity index (χ0) is 13.7. The van der Waals surface area contributed by atoms with Crippen molar-refractivity contribution in [2.24, 2.45) is 5.92 Å². The lowest BCUT2D eigenvalue weighted by Crippen LogP contribution is -2.11. The van der Waals surface area contributed by atoms with E-state index in [4.69, 9.17) is 11.6 Å². The number of ketones is 1. The van der Waals surface area contributed by atoms with E-state index in [0.29, 0.717) is 17.9 Å². The Labute approximate surface area is 119 Å². The maximum absolute atomic E-state index is 13.7. The molecule has 0 N–H and O–H groups in total. The van der Waals surface area contributed by atoms with Crippen LogP contribution in [0.3, 0.4) is 0 Å². The molecule has 1 aliphatic carbocycles. The molecule has 1 saturated carbocycles. The molecule has 1 fully saturated rings. The summed E-state index contributed by atoms with van der Waals surface area (Å²) in [6.07, 6.45) is 8.07. The van der Waals surface area contributed by atoms with E-state index < -0.39 is 5.82 Å². The van der Waals surface area contributed by atoms with Gasteiger partial charge >= 0.3 is 0 Å². The van der Waals surface area contributed by atoms with Gasteiger partial charge in [-0.15, -0.1) is 0 Å². The van der Waals surface area contributed by atoms with Gasteiger partial charge in [0.1, 0.15) is 11.6 Å². The molecule has 104 valence electrons. The zero-order valence-electron chi connectivity index (χ0n) is 11.1. The van der Waals surface area contributed by atoms with Gasteiger partial charge in [-0.05, 0) is 17.5 Å². The summed E-state index contributed by atoms with van der Waals surface area (Å²) in [5.41, 5.74) is 0.422. The van der Waals surface area contributed by atoms with E-state index >= 15 is 0 Å². The molecule has 0 saturated heterocycles. The Morgan fingerprint density at radius 3 is 2.58 bits per heavy atom. The highest BCUT2D eigenvalue weighted by atomic mass is 35.5. The second-order valence-electron chi connectivity index (χ2n) is 5.49. The van der Waals surface area contributed by atoms with Crippen LogP contribution >= 0.6 is 11.6 Å². The van der Waals surface area contributed by atoms with Crippen LogP contribution in [0.25, 0.3) is 0 Å². The maximum atomic E-state index is 13.7. The SMILES string of the molecule is O=C(Cc1cccc(Cl)c1F)CC1CCCCCC1. The van der Waals surface area contributed by atoms with Gasteiger partial charge < -0.3 is 0 Å². The van der Waals surface area contributed by atoms with Crippen LogP contribution in [0.4, 0.5) is 4.39 Å². The quantitative estimate of drug-likeness (QED) is 0.714. The first-order valence-electron chi connectivity index (χ1n) is 7.11. The summed E-state index contributed by atoms with van der Waals surface area (Å²) in [5.74, 6) is 0.184. The smallest absolute Gasteiger partial charge is 0.145 e. The van der Waals surface area contributed by atoms with Crippen molar-refractivity contribution in [1.29, 1.82) is 0 Å². The molecule has 1 aliphatic rings. The van der Waals surface area contributed by atoms with Gasteiger partial charge in [-0.25, -0.2) is 4.39 Å². The third kappa shape index (κ3) is 4.31. The first-order chi connectivity index (χ1) is 9.16. The Kier molecular flexibility index (Phi) is 5.38. The fourth-order valence-electron chi connectivity index (χ4n) is 2.86. The average Bonchev–Trinajstić information content (AvgIpc) is 2.63. The Morgan fingerprint density at radius 2 is 1.89 bits per heavy atom. The molecule has 0 aliphatic heterocycles. The van der Waals surface area contributed by atoms with Crippen molar-refractivity contribution < 1.29 is 9.18 Å². The fourth-order valence-corrected chi connectivity index (χ4v) is 3.05. The molecule has 2 rings (SSSR count). The van der Waals surface area contributed by atoms with Gasteiger partial charge in [-0.2, -0.15) is 0 Å². The topological polar surface area (TPSA) is 17.1 Å². The van der Waals surface area contributed by atoms with Crippen molar-refractivity contribution in [1.82, 2.24) is 0 Å². The van der Waals surface area contributed by atoms with Crippen LogP contribution in [-0.2, 0) is 11.2 Å². The molecule has 0 radical (unpaired) electrons. The van der Waals surface area contributed by atoms with Crippen molar-refractivity contribution in [3.05, 3.63) is 34.6 Å². The van der Waals surface area contributed by atoms with E-state index in [0.717, 1.165) is 12.8 Å². The first-order valence-corrected chi connectivity index (χ1v) is 7.49. The minimum atomic E-state index is -0.446. The third-order valence-electron chi connectivity index (χ3n) is 3.91. The second-order valence-corrected chi connectivity index (χ2v) is 5.90. The summed E-state index contributed by atoms with van der Waals surface area (Å²) in [4.78, 5) is 12.0. The largest absolute Gasteiger partial charge is 0.299 e. The number of halogens is 2. The molecular formula is C16H20ClFO. The number of hydrogen-bond donors (Lipinski definition) is 0. The van der Waals surface area contributed by atoms with E-state index in [2.05, 4.69) is 0 Å². The van der Waals surface area contributed by atoms with Gasteiger partial charge in [-0.3, -0.25) is 4.79 Å². The number of benzene rings is 1. The van der Waals surface area contributed by atoms with Crippen molar-refractivity contribution in [2.45, 2.75) is 51.4 Å². The van der Waals surface area contributed by atoms with E-state index in [9.17, 15) is 9.18 Å². The van der Waals surface area contributed by atoms with Crippen LogP contribution in [-0.4, -0.2) is 5.78 Å². The van der Waals surface area contributed by atoms with Crippen LogP contribution in [0.15, 0.2) is 18.2 Å². The van der Waals surface area contributed by atoms with Gasteiger partial charge in [0.15, 0.2) is 0 Å². The molecule has 1 nitrogen and oxygen atoms in total. The van der Waals surface area contributed by atoms with Crippen LogP contribution in [0.1, 0.15) is 50.5 Å². The highest BCUT2D eigenvalue weighted by molar-refractivity contribution is 6.30. The molecule has 1 aromatic rings. The lowest BCUT2D eigenvalue weighted by atomic mass is 9.92. The lowest BCUT2D eigenvalue weighted by molar-refractivity contribution is -0.119. The van der Waals surface area contributed by atoms with E-state index in [1.807, 2.05) is 0 Å². The van der Waals surface area contributed by atoms with Gasteiger partial charge in [0, 0.05) is 12.8 Å². The first kappa shape index (κ1) is 14.5. The molecule has 3 heteroatoms. The second kappa shape index (κ2) is 7.04. The van der Waals surface area contributed by atoms with Crippen LogP contribution in [0, 0.1) is 11.7 Å². The molecule has 1 aromatic carbocycles. The Balaban J connectivity index is 1.91. The van der Waals surface area contributed by atoms with Gasteiger partial charge in [0.25, 0.3) is 0 Å².